The molecule has 7 rings (SSSR count). The monoisotopic (exact) mass is 676 g/mol. The highest BCUT2D eigenvalue weighted by atomic mass is 35.5. The summed E-state index contributed by atoms with van der Waals surface area (Å²) in [6.45, 7) is 0. The van der Waals surface area contributed by atoms with E-state index >= 15 is 0 Å². The number of benzene rings is 5. The van der Waals surface area contributed by atoms with Gasteiger partial charge >= 0.3 is 0 Å². The van der Waals surface area contributed by atoms with Crippen LogP contribution in [0.25, 0.3) is 67.8 Å². The lowest BCUT2D eigenvalue weighted by molar-refractivity contribution is 0.988. The Morgan fingerprint density at radius 2 is 0.717 bits per heavy atom. The van der Waals surface area contributed by atoms with Crippen LogP contribution < -0.4 is 0 Å². The summed E-state index contributed by atoms with van der Waals surface area (Å²) in [4.78, 5) is 9.85. The topological polar surface area (TPSA) is 77.3 Å². The molecule has 6 nitrogen and oxygen atoms in total. The summed E-state index contributed by atoms with van der Waals surface area (Å²) in [7, 11) is 0. The van der Waals surface area contributed by atoms with Crippen LogP contribution in [0, 0.1) is 0 Å². The molecule has 0 fully saturated rings. The summed E-state index contributed by atoms with van der Waals surface area (Å²) in [5, 5.41) is 19.7. The predicted octanol–water partition coefficient (Wildman–Crippen LogP) is 10.7. The summed E-state index contributed by atoms with van der Waals surface area (Å²) in [6.07, 6.45) is 0. The molecule has 10 heteroatoms. The number of rotatable bonds is 6. The fraction of sp³-hybridized carbons (Fsp3) is 0. The summed E-state index contributed by atoms with van der Waals surface area (Å²) in [6, 6.07) is 37.8. The average Bonchev–Trinajstić information content (AvgIpc) is 3.11. The lowest BCUT2D eigenvalue weighted by atomic mass is 10.0. The van der Waals surface area contributed by atoms with Gasteiger partial charge in [0.1, 0.15) is 22.8 Å². The molecule has 0 aliphatic rings. The van der Waals surface area contributed by atoms with Gasteiger partial charge in [-0.25, -0.2) is 9.97 Å². The summed E-state index contributed by atoms with van der Waals surface area (Å²) in [5.41, 5.74) is 6.83. The first-order valence-electron chi connectivity index (χ1n) is 14.1. The van der Waals surface area contributed by atoms with Crippen LogP contribution in [0.1, 0.15) is 0 Å². The Balaban J connectivity index is 1.30. The standard InChI is InChI=1S/C36H20Cl4N6/c37-27-15-7-13-25(29(27)39)33-31(21-9-3-1-4-10-21)43-45-35(41-33)23-17-19-24(20-18-23)36-42-34(26-14-8-16-28(38)30(26)40)32(44-46-36)22-11-5-2-6-12-22/h1-20H. The molecule has 0 N–H and O–H groups in total. The molecule has 0 saturated heterocycles. The third kappa shape index (κ3) is 5.84. The lowest BCUT2D eigenvalue weighted by Crippen LogP contribution is -2.01. The normalized spacial score (nSPS) is 11.0. The Morgan fingerprint density at radius 1 is 0.326 bits per heavy atom. The largest absolute Gasteiger partial charge is 0.224 e. The van der Waals surface area contributed by atoms with Gasteiger partial charge in [-0.1, -0.05) is 156 Å². The molecule has 2 aromatic heterocycles. The molecule has 222 valence electrons. The number of nitrogens with zero attached hydrogens (tertiary/aromatic N) is 6. The molecular formula is C36H20Cl4N6. The summed E-state index contributed by atoms with van der Waals surface area (Å²) < 4.78 is 0. The average molecular weight is 678 g/mol. The molecule has 2 heterocycles. The number of hydrogen-bond acceptors (Lipinski definition) is 6. The van der Waals surface area contributed by atoms with Gasteiger partial charge in [0.25, 0.3) is 0 Å². The van der Waals surface area contributed by atoms with Crippen LogP contribution in [0.15, 0.2) is 121 Å². The maximum absolute atomic E-state index is 6.64. The van der Waals surface area contributed by atoms with E-state index in [2.05, 4.69) is 20.4 Å². The third-order valence-corrected chi connectivity index (χ3v) is 8.92. The van der Waals surface area contributed by atoms with Gasteiger partial charge in [0.2, 0.25) is 0 Å². The van der Waals surface area contributed by atoms with E-state index in [1.165, 1.54) is 0 Å². The highest BCUT2D eigenvalue weighted by molar-refractivity contribution is 6.44. The van der Waals surface area contributed by atoms with Crippen LogP contribution >= 0.6 is 46.4 Å². The minimum absolute atomic E-state index is 0.391. The highest BCUT2D eigenvalue weighted by Gasteiger charge is 2.20. The zero-order chi connectivity index (χ0) is 31.6. The fourth-order valence-electron chi connectivity index (χ4n) is 4.99. The first kappa shape index (κ1) is 30.0. The van der Waals surface area contributed by atoms with Gasteiger partial charge in [0.15, 0.2) is 11.6 Å². The smallest absolute Gasteiger partial charge is 0.182 e. The van der Waals surface area contributed by atoms with E-state index in [1.54, 1.807) is 12.1 Å². The number of hydrogen-bond donors (Lipinski definition) is 0. The number of halogens is 4. The molecule has 0 amide bonds. The molecule has 46 heavy (non-hydrogen) atoms. The molecule has 0 aliphatic carbocycles. The van der Waals surface area contributed by atoms with Crippen molar-refractivity contribution in [1.82, 2.24) is 30.4 Å². The van der Waals surface area contributed by atoms with Gasteiger partial charge in [-0.15, -0.1) is 20.4 Å². The molecule has 0 unspecified atom stereocenters. The SMILES string of the molecule is Clc1cccc(-c2nc(-c3ccc(-c4nnc(-c5ccccc5)c(-c5cccc(Cl)c5Cl)n4)cc3)nnc2-c2ccccc2)c1Cl. The fourth-order valence-corrected chi connectivity index (χ4v) is 5.77. The maximum atomic E-state index is 6.64. The lowest BCUT2D eigenvalue weighted by Gasteiger charge is -2.12. The summed E-state index contributed by atoms with van der Waals surface area (Å²) >= 11 is 26.0. The van der Waals surface area contributed by atoms with Gasteiger partial charge in [0, 0.05) is 33.4 Å². The Kier molecular flexibility index (Phi) is 8.43. The van der Waals surface area contributed by atoms with E-state index in [0.29, 0.717) is 65.6 Å². The van der Waals surface area contributed by atoms with Crippen molar-refractivity contribution in [3.05, 3.63) is 141 Å². The Hall–Kier alpha value is -4.72. The molecule has 0 radical (unpaired) electrons. The van der Waals surface area contributed by atoms with Crippen molar-refractivity contribution in [3.8, 4) is 67.8 Å². The van der Waals surface area contributed by atoms with Crippen molar-refractivity contribution < 1.29 is 0 Å². The first-order chi connectivity index (χ1) is 22.5. The van der Waals surface area contributed by atoms with Gasteiger partial charge in [-0.3, -0.25) is 0 Å². The molecule has 0 spiro atoms. The van der Waals surface area contributed by atoms with E-state index in [-0.39, 0.29) is 0 Å². The Morgan fingerprint density at radius 3 is 1.11 bits per heavy atom. The first-order valence-corrected chi connectivity index (χ1v) is 15.6. The predicted molar refractivity (Wildman–Crippen MR) is 186 cm³/mol. The second-order valence-corrected chi connectivity index (χ2v) is 11.7. The van der Waals surface area contributed by atoms with Gasteiger partial charge in [-0.05, 0) is 12.1 Å². The molecule has 0 bridgehead atoms. The van der Waals surface area contributed by atoms with E-state index in [4.69, 9.17) is 56.4 Å². The minimum atomic E-state index is 0.391. The van der Waals surface area contributed by atoms with Crippen LogP contribution in [-0.4, -0.2) is 30.4 Å². The minimum Gasteiger partial charge on any atom is -0.224 e. The van der Waals surface area contributed by atoms with E-state index in [1.807, 2.05) is 109 Å². The van der Waals surface area contributed by atoms with Crippen LogP contribution in [0.4, 0.5) is 0 Å². The van der Waals surface area contributed by atoms with Crippen LogP contribution in [0.2, 0.25) is 20.1 Å². The Bertz CT molecular complexity index is 2040. The number of aromatic nitrogens is 6. The van der Waals surface area contributed by atoms with Crippen molar-refractivity contribution in [1.29, 1.82) is 0 Å². The zero-order valence-electron chi connectivity index (χ0n) is 23.7. The van der Waals surface area contributed by atoms with E-state index in [0.717, 1.165) is 22.3 Å². The molecular weight excluding hydrogens is 658 g/mol. The van der Waals surface area contributed by atoms with Gasteiger partial charge in [-0.2, -0.15) is 0 Å². The van der Waals surface area contributed by atoms with Crippen LogP contribution in [-0.2, 0) is 0 Å². The van der Waals surface area contributed by atoms with Crippen LogP contribution in [0.5, 0.6) is 0 Å². The van der Waals surface area contributed by atoms with Gasteiger partial charge < -0.3 is 0 Å². The third-order valence-electron chi connectivity index (χ3n) is 7.28. The van der Waals surface area contributed by atoms with Crippen LogP contribution in [0.3, 0.4) is 0 Å². The second-order valence-electron chi connectivity index (χ2n) is 10.2. The van der Waals surface area contributed by atoms with Crippen molar-refractivity contribution in [2.45, 2.75) is 0 Å². The molecule has 0 aliphatic heterocycles. The Labute approximate surface area is 284 Å². The van der Waals surface area contributed by atoms with Crippen molar-refractivity contribution in [3.63, 3.8) is 0 Å². The zero-order valence-corrected chi connectivity index (χ0v) is 26.8. The maximum Gasteiger partial charge on any atom is 0.182 e. The molecule has 0 atom stereocenters. The van der Waals surface area contributed by atoms with Crippen molar-refractivity contribution >= 4 is 46.4 Å². The highest BCUT2D eigenvalue weighted by Crippen LogP contribution is 2.39. The second kappa shape index (κ2) is 12.9. The summed E-state index contributed by atoms with van der Waals surface area (Å²) in [5.74, 6) is 0.837. The van der Waals surface area contributed by atoms with Crippen molar-refractivity contribution in [2.75, 3.05) is 0 Å². The van der Waals surface area contributed by atoms with E-state index < -0.39 is 0 Å². The molecule has 7 aromatic rings. The quantitative estimate of drug-likeness (QED) is 0.174. The van der Waals surface area contributed by atoms with Gasteiger partial charge in [0.05, 0.1) is 20.1 Å². The molecule has 5 aromatic carbocycles. The van der Waals surface area contributed by atoms with E-state index in [9.17, 15) is 0 Å². The molecule has 0 saturated carbocycles. The van der Waals surface area contributed by atoms with Crippen molar-refractivity contribution in [2.24, 2.45) is 0 Å².